The number of nitrogens with two attached hydrogens (primary N) is 1. The van der Waals surface area contributed by atoms with Crippen LogP contribution in [0.2, 0.25) is 0 Å². The number of carbonyl (C=O) groups excluding carboxylic acids is 4. The summed E-state index contributed by atoms with van der Waals surface area (Å²) in [5.41, 5.74) is 13.8. The molecule has 12 heteroatoms. The van der Waals surface area contributed by atoms with Crippen LogP contribution >= 0.6 is 0 Å². The Morgan fingerprint density at radius 3 is 2.15 bits per heavy atom. The summed E-state index contributed by atoms with van der Waals surface area (Å²) in [6.07, 6.45) is 0.495. The lowest BCUT2D eigenvalue weighted by molar-refractivity contribution is -0.152. The van der Waals surface area contributed by atoms with Crippen molar-refractivity contribution in [2.45, 2.75) is 71.6 Å². The van der Waals surface area contributed by atoms with Gasteiger partial charge in [0.2, 0.25) is 17.6 Å². The van der Waals surface area contributed by atoms with Crippen LogP contribution in [0, 0.1) is 5.92 Å². The molecule has 0 aliphatic heterocycles. The number of hydrogen-bond donors (Lipinski definition) is 3. The van der Waals surface area contributed by atoms with E-state index in [9.17, 15) is 19.2 Å². The van der Waals surface area contributed by atoms with Gasteiger partial charge in [-0.1, -0.05) is 13.8 Å². The maximum Gasteiger partial charge on any atom is 0.328 e. The molecule has 4 N–H and O–H groups in total. The molecular formula is C22H39N5O7. The first-order valence-corrected chi connectivity index (χ1v) is 11.5. The zero-order valence-electron chi connectivity index (χ0n) is 20.6. The van der Waals surface area contributed by atoms with Gasteiger partial charge in [0.15, 0.2) is 0 Å². The number of rotatable bonds is 19. The maximum absolute atomic E-state index is 12.9. The van der Waals surface area contributed by atoms with Crippen molar-refractivity contribution in [3.05, 3.63) is 5.53 Å². The first-order chi connectivity index (χ1) is 16.1. The summed E-state index contributed by atoms with van der Waals surface area (Å²) in [4.78, 5) is 52.0. The lowest BCUT2D eigenvalue weighted by Gasteiger charge is -2.24. The van der Waals surface area contributed by atoms with E-state index < -0.39 is 35.8 Å². The van der Waals surface area contributed by atoms with Gasteiger partial charge >= 0.3 is 12.2 Å². The molecule has 1 unspecified atom stereocenters. The number of ether oxygens (including phenoxy) is 3. The summed E-state index contributed by atoms with van der Waals surface area (Å²) in [5, 5.41) is 5.26. The van der Waals surface area contributed by atoms with Crippen LogP contribution in [0.1, 0.15) is 53.4 Å². The molecule has 0 aliphatic carbocycles. The van der Waals surface area contributed by atoms with Gasteiger partial charge in [0, 0.05) is 19.4 Å². The van der Waals surface area contributed by atoms with E-state index >= 15 is 0 Å². The summed E-state index contributed by atoms with van der Waals surface area (Å²) < 4.78 is 15.7. The van der Waals surface area contributed by atoms with E-state index in [2.05, 4.69) is 15.4 Å². The van der Waals surface area contributed by atoms with Gasteiger partial charge in [0.1, 0.15) is 12.1 Å². The highest BCUT2D eigenvalue weighted by molar-refractivity contribution is 6.25. The molecule has 0 saturated carbocycles. The highest BCUT2D eigenvalue weighted by atomic mass is 16.5. The standard InChI is InChI=1S/C22H39N5O7/c1-15(2)13-19(26-20(29)7-9-32-11-12-33-10-8-23)21(30)27-18(22(31)34-16(3)4)6-5-17(28)14-25-24/h14-16,18-19H,5-13,23H2,1-4H3,(H,26,29)(H,27,30)/t18?,19-/m0/s1. The van der Waals surface area contributed by atoms with Crippen LogP contribution in [0.5, 0.6) is 0 Å². The summed E-state index contributed by atoms with van der Waals surface area (Å²) in [7, 11) is 0. The third-order valence-electron chi connectivity index (χ3n) is 4.30. The monoisotopic (exact) mass is 485 g/mol. The van der Waals surface area contributed by atoms with Crippen molar-refractivity contribution >= 4 is 29.8 Å². The molecule has 0 aliphatic rings. The minimum atomic E-state index is -1.10. The van der Waals surface area contributed by atoms with Crippen molar-refractivity contribution in [3.63, 3.8) is 0 Å². The number of ketones is 1. The fourth-order valence-electron chi connectivity index (χ4n) is 2.79. The zero-order valence-corrected chi connectivity index (χ0v) is 20.6. The van der Waals surface area contributed by atoms with E-state index in [4.69, 9.17) is 25.5 Å². The number of hydrogen-bond acceptors (Lipinski definition) is 8. The normalized spacial score (nSPS) is 12.6. The summed E-state index contributed by atoms with van der Waals surface area (Å²) in [6.45, 7) is 8.83. The Morgan fingerprint density at radius 1 is 0.941 bits per heavy atom. The Labute approximate surface area is 200 Å². The second-order valence-electron chi connectivity index (χ2n) is 8.31. The summed E-state index contributed by atoms with van der Waals surface area (Å²) in [5.74, 6) is -2.07. The van der Waals surface area contributed by atoms with Crippen molar-refractivity contribution in [1.82, 2.24) is 10.6 Å². The highest BCUT2D eigenvalue weighted by Gasteiger charge is 2.29. The molecule has 34 heavy (non-hydrogen) atoms. The number of nitrogens with zero attached hydrogens (tertiary/aromatic N) is 2. The first-order valence-electron chi connectivity index (χ1n) is 11.5. The molecule has 12 nitrogen and oxygen atoms in total. The smallest absolute Gasteiger partial charge is 0.328 e. The Morgan fingerprint density at radius 2 is 1.59 bits per heavy atom. The number of amides is 2. The summed E-state index contributed by atoms with van der Waals surface area (Å²) >= 11 is 0. The van der Waals surface area contributed by atoms with Gasteiger partial charge in [-0.3, -0.25) is 14.4 Å². The molecule has 0 spiro atoms. The molecule has 0 rings (SSSR count). The van der Waals surface area contributed by atoms with Crippen LogP contribution in [0.25, 0.3) is 5.53 Å². The second-order valence-corrected chi connectivity index (χ2v) is 8.31. The predicted octanol–water partition coefficient (Wildman–Crippen LogP) is -0.0144. The number of esters is 1. The molecule has 0 aromatic carbocycles. The van der Waals surface area contributed by atoms with E-state index in [-0.39, 0.29) is 37.7 Å². The number of Topliss-reactive ketones (excluding diaryl/α,β-unsaturated/α-hetero) is 1. The molecule has 0 bridgehead atoms. The minimum Gasteiger partial charge on any atom is -0.461 e. The van der Waals surface area contributed by atoms with E-state index in [0.717, 1.165) is 6.21 Å². The Hall–Kier alpha value is -2.66. The van der Waals surface area contributed by atoms with Crippen molar-refractivity contribution in [2.75, 3.05) is 33.0 Å². The molecule has 0 radical (unpaired) electrons. The Bertz CT molecular complexity index is 693. The van der Waals surface area contributed by atoms with Crippen LogP contribution in [0.4, 0.5) is 0 Å². The van der Waals surface area contributed by atoms with Crippen molar-refractivity contribution in [2.24, 2.45) is 11.7 Å². The quantitative estimate of drug-likeness (QED) is 0.0750. The number of nitrogens with one attached hydrogen (secondary N) is 2. The van der Waals surface area contributed by atoms with Crippen LogP contribution in [0.15, 0.2) is 0 Å². The average molecular weight is 486 g/mol. The Kier molecular flexibility index (Phi) is 17.3. The van der Waals surface area contributed by atoms with Gasteiger partial charge in [-0.15, -0.1) is 0 Å². The van der Waals surface area contributed by atoms with Crippen LogP contribution in [0.3, 0.4) is 0 Å². The molecule has 0 fully saturated rings. The van der Waals surface area contributed by atoms with Gasteiger partial charge in [0.25, 0.3) is 0 Å². The van der Waals surface area contributed by atoms with Gasteiger partial charge in [-0.25, -0.2) is 4.79 Å². The molecule has 2 amide bonds. The van der Waals surface area contributed by atoms with Crippen LogP contribution in [-0.4, -0.2) is 85.7 Å². The average Bonchev–Trinajstić information content (AvgIpc) is 2.74. The van der Waals surface area contributed by atoms with E-state index in [1.807, 2.05) is 13.8 Å². The summed E-state index contributed by atoms with van der Waals surface area (Å²) in [6, 6.07) is -1.99. The fourth-order valence-corrected chi connectivity index (χ4v) is 2.79. The Balaban J connectivity index is 4.98. The van der Waals surface area contributed by atoms with Crippen molar-refractivity contribution in [3.8, 4) is 0 Å². The lowest BCUT2D eigenvalue weighted by atomic mass is 10.0. The maximum atomic E-state index is 12.9. The van der Waals surface area contributed by atoms with Crippen molar-refractivity contribution in [1.29, 1.82) is 0 Å². The van der Waals surface area contributed by atoms with Gasteiger partial charge in [0.05, 0.1) is 32.5 Å². The SMILES string of the molecule is CC(C)C[C@H](NC(=O)CCOCCOCCN)C(=O)NC(CCC(=O)C=[N+]=[N-])C(=O)OC(C)C. The minimum absolute atomic E-state index is 0.0482. The van der Waals surface area contributed by atoms with Crippen molar-refractivity contribution < 1.29 is 38.2 Å². The molecule has 194 valence electrons. The third kappa shape index (κ3) is 16.0. The molecule has 0 heterocycles. The van der Waals surface area contributed by atoms with E-state index in [1.54, 1.807) is 13.8 Å². The van der Waals surface area contributed by atoms with E-state index in [0.29, 0.717) is 32.8 Å². The molecule has 0 saturated heterocycles. The molecule has 0 aromatic heterocycles. The number of carbonyl (C=O) groups is 4. The predicted molar refractivity (Wildman–Crippen MR) is 124 cm³/mol. The van der Waals surface area contributed by atoms with Gasteiger partial charge in [-0.2, -0.15) is 4.79 Å². The van der Waals surface area contributed by atoms with Gasteiger partial charge < -0.3 is 36.1 Å². The second kappa shape index (κ2) is 18.7. The highest BCUT2D eigenvalue weighted by Crippen LogP contribution is 2.09. The molecular weight excluding hydrogens is 446 g/mol. The largest absolute Gasteiger partial charge is 0.461 e. The van der Waals surface area contributed by atoms with Crippen LogP contribution in [-0.2, 0) is 33.4 Å². The molecule has 0 aromatic rings. The van der Waals surface area contributed by atoms with Crippen LogP contribution < -0.4 is 16.4 Å². The topological polar surface area (TPSA) is 182 Å². The third-order valence-corrected chi connectivity index (χ3v) is 4.30. The fraction of sp³-hybridized carbons (Fsp3) is 0.773. The lowest BCUT2D eigenvalue weighted by Crippen LogP contribution is -2.52. The van der Waals surface area contributed by atoms with Gasteiger partial charge in [-0.05, 0) is 32.6 Å². The zero-order chi connectivity index (χ0) is 25.9. The molecule has 2 atom stereocenters. The van der Waals surface area contributed by atoms with E-state index in [1.165, 1.54) is 0 Å². The first kappa shape index (κ1) is 31.3.